The number of aliphatic carboxylic acids is 1. The Balaban J connectivity index is 1.92. The van der Waals surface area contributed by atoms with Crippen LogP contribution in [-0.2, 0) is 9.59 Å². The first-order valence-electron chi connectivity index (χ1n) is 10.3. The van der Waals surface area contributed by atoms with Gasteiger partial charge < -0.3 is 14.6 Å². The lowest BCUT2D eigenvalue weighted by Gasteiger charge is -2.13. The predicted octanol–water partition coefficient (Wildman–Crippen LogP) is 4.79. The molecule has 2 aromatic carbocycles. The van der Waals surface area contributed by atoms with Gasteiger partial charge in [0.05, 0.1) is 17.2 Å². The molecule has 0 aromatic heterocycles. The molecule has 3 rings (SSSR count). The highest BCUT2D eigenvalue weighted by atomic mass is 32.2. The van der Waals surface area contributed by atoms with Crippen LogP contribution in [0.15, 0.2) is 46.3 Å². The Morgan fingerprint density at radius 3 is 2.59 bits per heavy atom. The first-order chi connectivity index (χ1) is 15.3. The van der Waals surface area contributed by atoms with Gasteiger partial charge in [0, 0.05) is 6.54 Å². The van der Waals surface area contributed by atoms with Crippen LogP contribution in [0.4, 0.5) is 5.69 Å². The molecule has 1 aliphatic heterocycles. The number of carbonyl (C=O) groups excluding carboxylic acids is 1. The van der Waals surface area contributed by atoms with Gasteiger partial charge in [0.1, 0.15) is 0 Å². The van der Waals surface area contributed by atoms with Crippen molar-refractivity contribution >= 4 is 40.6 Å². The Bertz CT molecular complexity index is 1090. The summed E-state index contributed by atoms with van der Waals surface area (Å²) in [5.74, 6) is -0.406. The molecular formula is C24H26N2O5S. The number of hydrogen-bond acceptors (Lipinski definition) is 6. The lowest BCUT2D eigenvalue weighted by Crippen LogP contribution is -2.28. The number of hydrogen-bond donors (Lipinski definition) is 1. The van der Waals surface area contributed by atoms with E-state index in [0.29, 0.717) is 34.7 Å². The normalized spacial score (nSPS) is 16.1. The molecule has 1 fully saturated rings. The van der Waals surface area contributed by atoms with Crippen molar-refractivity contribution in [2.45, 2.75) is 27.7 Å². The molecule has 0 bridgehead atoms. The highest BCUT2D eigenvalue weighted by Crippen LogP contribution is 2.36. The minimum atomic E-state index is -1.07. The summed E-state index contributed by atoms with van der Waals surface area (Å²) >= 11 is 1.33. The molecule has 0 aliphatic carbocycles. The topological polar surface area (TPSA) is 88.4 Å². The summed E-state index contributed by atoms with van der Waals surface area (Å²) < 4.78 is 10.9. The minimum absolute atomic E-state index is 0.106. The Kier molecular flexibility index (Phi) is 7.58. The summed E-state index contributed by atoms with van der Waals surface area (Å²) in [6.45, 7) is 8.21. The highest BCUT2D eigenvalue weighted by molar-refractivity contribution is 8.18. The molecule has 32 heavy (non-hydrogen) atoms. The number of benzene rings is 2. The Hall–Kier alpha value is -3.26. The van der Waals surface area contributed by atoms with E-state index >= 15 is 0 Å². The van der Waals surface area contributed by atoms with Gasteiger partial charge >= 0.3 is 5.97 Å². The van der Waals surface area contributed by atoms with E-state index in [2.05, 4.69) is 0 Å². The smallest absolute Gasteiger partial charge is 0.341 e. The first-order valence-corrected chi connectivity index (χ1v) is 11.1. The lowest BCUT2D eigenvalue weighted by molar-refractivity contribution is -0.139. The van der Waals surface area contributed by atoms with Crippen molar-refractivity contribution in [3.8, 4) is 11.5 Å². The van der Waals surface area contributed by atoms with Crippen LogP contribution in [0.2, 0.25) is 0 Å². The van der Waals surface area contributed by atoms with E-state index in [1.807, 2.05) is 45.9 Å². The third kappa shape index (κ3) is 5.50. The summed E-state index contributed by atoms with van der Waals surface area (Å²) in [4.78, 5) is 30.8. The van der Waals surface area contributed by atoms with Crippen LogP contribution in [0.5, 0.6) is 11.5 Å². The monoisotopic (exact) mass is 454 g/mol. The number of nitrogens with zero attached hydrogens (tertiary/aromatic N) is 2. The summed E-state index contributed by atoms with van der Waals surface area (Å²) in [6.07, 6.45) is 1.78. The number of thioether (sulfide) groups is 1. The summed E-state index contributed by atoms with van der Waals surface area (Å²) in [5, 5.41) is 9.49. The summed E-state index contributed by atoms with van der Waals surface area (Å²) in [7, 11) is 0. The molecule has 0 radical (unpaired) electrons. The van der Waals surface area contributed by atoms with E-state index in [1.165, 1.54) is 11.8 Å². The molecule has 8 heteroatoms. The molecular weight excluding hydrogens is 428 g/mol. The lowest BCUT2D eigenvalue weighted by atomic mass is 10.1. The van der Waals surface area contributed by atoms with Crippen LogP contribution >= 0.6 is 11.8 Å². The second-order valence-corrected chi connectivity index (χ2v) is 8.18. The molecule has 1 heterocycles. The fourth-order valence-electron chi connectivity index (χ4n) is 3.11. The number of likely N-dealkylation sites (N-methyl/N-ethyl adjacent to an activating group) is 1. The average molecular weight is 455 g/mol. The van der Waals surface area contributed by atoms with Crippen molar-refractivity contribution in [2.24, 2.45) is 4.99 Å². The zero-order valence-electron chi connectivity index (χ0n) is 18.5. The maximum Gasteiger partial charge on any atom is 0.341 e. The predicted molar refractivity (Wildman–Crippen MR) is 127 cm³/mol. The fourth-order valence-corrected chi connectivity index (χ4v) is 4.16. The van der Waals surface area contributed by atoms with Crippen LogP contribution in [0.25, 0.3) is 6.08 Å². The van der Waals surface area contributed by atoms with Crippen molar-refractivity contribution in [2.75, 3.05) is 19.8 Å². The van der Waals surface area contributed by atoms with Crippen LogP contribution in [0.1, 0.15) is 30.5 Å². The average Bonchev–Trinajstić information content (AvgIpc) is 3.04. The molecule has 0 atom stereocenters. The van der Waals surface area contributed by atoms with E-state index in [9.17, 15) is 9.59 Å². The SMILES string of the molecule is CCOc1cc(/C=C2/SC(=Nc3cc(C)ccc3C)N(CC)C2=O)ccc1OCC(=O)O. The van der Waals surface area contributed by atoms with E-state index in [-0.39, 0.29) is 5.91 Å². The molecule has 1 amide bonds. The highest BCUT2D eigenvalue weighted by Gasteiger charge is 2.32. The standard InChI is InChI=1S/C24H26N2O5S/c1-5-26-23(29)21(32-24(26)25-18-11-15(3)7-8-16(18)4)13-17-9-10-19(31-14-22(27)28)20(12-17)30-6-2/h7-13H,5-6,14H2,1-4H3,(H,27,28)/b21-13+,25-24?. The number of carboxylic acids is 1. The number of aliphatic imine (C=N–C) groups is 1. The van der Waals surface area contributed by atoms with Gasteiger partial charge in [0.2, 0.25) is 0 Å². The molecule has 1 aliphatic rings. The number of rotatable bonds is 8. The second kappa shape index (κ2) is 10.4. The van der Waals surface area contributed by atoms with Gasteiger partial charge in [-0.25, -0.2) is 9.79 Å². The zero-order chi connectivity index (χ0) is 23.3. The van der Waals surface area contributed by atoms with Gasteiger partial charge in [-0.3, -0.25) is 9.69 Å². The third-order valence-corrected chi connectivity index (χ3v) is 5.71. The van der Waals surface area contributed by atoms with Crippen molar-refractivity contribution in [3.63, 3.8) is 0 Å². The Morgan fingerprint density at radius 2 is 1.91 bits per heavy atom. The number of amides is 1. The van der Waals surface area contributed by atoms with Crippen LogP contribution in [0.3, 0.4) is 0 Å². The van der Waals surface area contributed by atoms with Gasteiger partial charge in [-0.1, -0.05) is 18.2 Å². The maximum atomic E-state index is 13.0. The molecule has 1 N–H and O–H groups in total. The number of amidine groups is 1. The van der Waals surface area contributed by atoms with Gasteiger partial charge in [-0.05, 0) is 80.4 Å². The summed E-state index contributed by atoms with van der Waals surface area (Å²) in [6, 6.07) is 11.2. The van der Waals surface area contributed by atoms with Gasteiger partial charge in [-0.2, -0.15) is 0 Å². The molecule has 0 unspecified atom stereocenters. The Morgan fingerprint density at radius 1 is 1.12 bits per heavy atom. The molecule has 2 aromatic rings. The van der Waals surface area contributed by atoms with E-state index in [0.717, 1.165) is 22.4 Å². The van der Waals surface area contributed by atoms with Crippen molar-refractivity contribution in [3.05, 3.63) is 58.0 Å². The molecule has 1 saturated heterocycles. The van der Waals surface area contributed by atoms with Crippen molar-refractivity contribution < 1.29 is 24.2 Å². The Labute approximate surface area is 191 Å². The van der Waals surface area contributed by atoms with E-state index in [1.54, 1.807) is 29.2 Å². The minimum Gasteiger partial charge on any atom is -0.490 e. The van der Waals surface area contributed by atoms with Crippen LogP contribution in [0, 0.1) is 13.8 Å². The number of aryl methyl sites for hydroxylation is 2. The third-order valence-electron chi connectivity index (χ3n) is 4.70. The largest absolute Gasteiger partial charge is 0.490 e. The second-order valence-electron chi connectivity index (χ2n) is 7.17. The van der Waals surface area contributed by atoms with Crippen molar-refractivity contribution in [1.82, 2.24) is 4.90 Å². The zero-order valence-corrected chi connectivity index (χ0v) is 19.4. The quantitative estimate of drug-likeness (QED) is 0.577. The fraction of sp³-hybridized carbons (Fsp3) is 0.292. The molecule has 7 nitrogen and oxygen atoms in total. The summed E-state index contributed by atoms with van der Waals surface area (Å²) in [5.41, 5.74) is 3.74. The van der Waals surface area contributed by atoms with Gasteiger partial charge in [0.15, 0.2) is 23.3 Å². The number of carboxylic acid groups (broad SMARTS) is 1. The van der Waals surface area contributed by atoms with Gasteiger partial charge in [-0.15, -0.1) is 0 Å². The van der Waals surface area contributed by atoms with E-state index < -0.39 is 12.6 Å². The van der Waals surface area contributed by atoms with Crippen LogP contribution in [-0.4, -0.2) is 46.8 Å². The van der Waals surface area contributed by atoms with Crippen LogP contribution < -0.4 is 9.47 Å². The van der Waals surface area contributed by atoms with E-state index in [4.69, 9.17) is 19.6 Å². The number of ether oxygens (including phenoxy) is 2. The maximum absolute atomic E-state index is 13.0. The number of carbonyl (C=O) groups is 2. The molecule has 168 valence electrons. The van der Waals surface area contributed by atoms with Gasteiger partial charge in [0.25, 0.3) is 5.91 Å². The van der Waals surface area contributed by atoms with Crippen molar-refractivity contribution in [1.29, 1.82) is 0 Å². The first kappa shape index (κ1) is 23.4. The molecule has 0 spiro atoms. The molecule has 0 saturated carbocycles.